The molecule has 28 heavy (non-hydrogen) atoms. The average Bonchev–Trinajstić information content (AvgIpc) is 2.96. The van der Waals surface area contributed by atoms with Crippen molar-refractivity contribution in [3.05, 3.63) is 28.1 Å². The van der Waals surface area contributed by atoms with Gasteiger partial charge in [-0.25, -0.2) is 12.7 Å². The van der Waals surface area contributed by atoms with E-state index in [-0.39, 0.29) is 11.8 Å². The molecule has 3 rings (SSSR count). The molecule has 1 aromatic carbocycles. The van der Waals surface area contributed by atoms with E-state index >= 15 is 0 Å². The topological polar surface area (TPSA) is 81.0 Å². The van der Waals surface area contributed by atoms with Gasteiger partial charge in [-0.2, -0.15) is 4.99 Å². The van der Waals surface area contributed by atoms with Gasteiger partial charge < -0.3 is 9.30 Å². The standard InChI is InChI=1S/C19H27N3O4S2/c1-13-11-14(2)17-16(12-13)22(9-10-26-3)19(27-17)20-18(23)15-5-7-21(8-6-15)28(4,24)25/h11-12,15H,5-10H2,1-4H3. The van der Waals surface area contributed by atoms with E-state index in [1.54, 1.807) is 7.11 Å². The zero-order valence-electron chi connectivity index (χ0n) is 16.8. The molecule has 0 radical (unpaired) electrons. The van der Waals surface area contributed by atoms with E-state index in [9.17, 15) is 13.2 Å². The fourth-order valence-corrected chi connectivity index (χ4v) is 5.60. The van der Waals surface area contributed by atoms with Crippen LogP contribution in [-0.2, 0) is 26.1 Å². The molecule has 1 aromatic heterocycles. The van der Waals surface area contributed by atoms with Gasteiger partial charge in [0.2, 0.25) is 10.0 Å². The SMILES string of the molecule is COCCn1c(=NC(=O)C2CCN(S(C)(=O)=O)CC2)sc2c(C)cc(C)cc21. The number of methoxy groups -OCH3 is 1. The molecule has 0 unspecified atom stereocenters. The molecule has 0 saturated carbocycles. The number of aromatic nitrogens is 1. The van der Waals surface area contributed by atoms with Crippen LogP contribution in [0.2, 0.25) is 0 Å². The number of carbonyl (C=O) groups excluding carboxylic acids is 1. The van der Waals surface area contributed by atoms with Crippen LogP contribution in [-0.4, -0.2) is 56.3 Å². The number of benzene rings is 1. The smallest absolute Gasteiger partial charge is 0.251 e. The molecule has 0 bridgehead atoms. The summed E-state index contributed by atoms with van der Waals surface area (Å²) in [6.45, 7) is 6.03. The summed E-state index contributed by atoms with van der Waals surface area (Å²) in [7, 11) is -1.55. The normalized spacial score (nSPS) is 17.5. The Morgan fingerprint density at radius 3 is 2.57 bits per heavy atom. The van der Waals surface area contributed by atoms with Gasteiger partial charge in [0.15, 0.2) is 4.80 Å². The van der Waals surface area contributed by atoms with Gasteiger partial charge in [-0.05, 0) is 43.9 Å². The first-order chi connectivity index (χ1) is 13.2. The van der Waals surface area contributed by atoms with E-state index in [1.807, 2.05) is 4.57 Å². The first kappa shape index (κ1) is 21.2. The van der Waals surface area contributed by atoms with Crippen molar-refractivity contribution in [3.63, 3.8) is 0 Å². The Morgan fingerprint density at radius 2 is 1.96 bits per heavy atom. The Kier molecular flexibility index (Phi) is 6.38. The summed E-state index contributed by atoms with van der Waals surface area (Å²) in [4.78, 5) is 17.9. The third-order valence-corrected chi connectivity index (χ3v) is 7.64. The fourth-order valence-electron chi connectivity index (χ4n) is 3.62. The molecule has 0 spiro atoms. The summed E-state index contributed by atoms with van der Waals surface area (Å²) in [5, 5.41) is 0. The summed E-state index contributed by atoms with van der Waals surface area (Å²) in [5.41, 5.74) is 3.40. The number of rotatable bonds is 5. The number of hydrogen-bond acceptors (Lipinski definition) is 5. The Labute approximate surface area is 169 Å². The van der Waals surface area contributed by atoms with E-state index in [0.29, 0.717) is 43.9 Å². The molecule has 1 amide bonds. The zero-order valence-corrected chi connectivity index (χ0v) is 18.4. The lowest BCUT2D eigenvalue weighted by Crippen LogP contribution is -2.39. The van der Waals surface area contributed by atoms with Gasteiger partial charge in [-0.15, -0.1) is 0 Å². The van der Waals surface area contributed by atoms with Crippen molar-refractivity contribution in [1.82, 2.24) is 8.87 Å². The highest BCUT2D eigenvalue weighted by Gasteiger charge is 2.29. The molecule has 2 aromatic rings. The number of sulfonamides is 1. The highest BCUT2D eigenvalue weighted by molar-refractivity contribution is 7.88. The van der Waals surface area contributed by atoms with Crippen molar-refractivity contribution < 1.29 is 17.9 Å². The second-order valence-electron chi connectivity index (χ2n) is 7.35. The van der Waals surface area contributed by atoms with Crippen LogP contribution in [0.25, 0.3) is 10.2 Å². The molecule has 9 heteroatoms. The van der Waals surface area contributed by atoms with Gasteiger partial charge in [0, 0.05) is 32.7 Å². The Bertz CT molecular complexity index is 1050. The van der Waals surface area contributed by atoms with Gasteiger partial charge in [0.1, 0.15) is 0 Å². The molecule has 0 atom stereocenters. The lowest BCUT2D eigenvalue weighted by atomic mass is 9.98. The van der Waals surface area contributed by atoms with Crippen molar-refractivity contribution in [2.45, 2.75) is 33.2 Å². The van der Waals surface area contributed by atoms with E-state index in [2.05, 4.69) is 31.0 Å². The molecule has 1 aliphatic heterocycles. The molecule has 1 fully saturated rings. The Hall–Kier alpha value is -1.55. The predicted molar refractivity (Wildman–Crippen MR) is 111 cm³/mol. The van der Waals surface area contributed by atoms with Gasteiger partial charge >= 0.3 is 0 Å². The Balaban J connectivity index is 1.92. The van der Waals surface area contributed by atoms with Crippen LogP contribution < -0.4 is 4.80 Å². The van der Waals surface area contributed by atoms with Crippen LogP contribution in [0.4, 0.5) is 0 Å². The fraction of sp³-hybridized carbons (Fsp3) is 0.579. The van der Waals surface area contributed by atoms with Gasteiger partial charge in [-0.3, -0.25) is 4.79 Å². The van der Waals surface area contributed by atoms with Crippen LogP contribution in [0.3, 0.4) is 0 Å². The summed E-state index contributed by atoms with van der Waals surface area (Å²) < 4.78 is 33.2. The lowest BCUT2D eigenvalue weighted by molar-refractivity contribution is -0.122. The van der Waals surface area contributed by atoms with E-state index < -0.39 is 10.0 Å². The number of ether oxygens (including phenoxy) is 1. The number of fused-ring (bicyclic) bond motifs is 1. The maximum absolute atomic E-state index is 12.8. The third-order valence-electron chi connectivity index (χ3n) is 5.11. The van der Waals surface area contributed by atoms with Crippen LogP contribution in [0.15, 0.2) is 17.1 Å². The number of nitrogens with zero attached hydrogens (tertiary/aromatic N) is 3. The number of carbonyl (C=O) groups is 1. The molecule has 0 aliphatic carbocycles. The van der Waals surface area contributed by atoms with Crippen molar-refractivity contribution in [2.75, 3.05) is 33.1 Å². The van der Waals surface area contributed by atoms with Crippen molar-refractivity contribution in [1.29, 1.82) is 0 Å². The average molecular weight is 426 g/mol. The molecule has 7 nitrogen and oxygen atoms in total. The summed E-state index contributed by atoms with van der Waals surface area (Å²) in [5.74, 6) is -0.401. The molecule has 154 valence electrons. The predicted octanol–water partition coefficient (Wildman–Crippen LogP) is 2.06. The molecular formula is C19H27N3O4S2. The molecule has 0 N–H and O–H groups in total. The minimum absolute atomic E-state index is 0.166. The highest BCUT2D eigenvalue weighted by Crippen LogP contribution is 2.24. The number of piperidine rings is 1. The third kappa shape index (κ3) is 4.53. The van der Waals surface area contributed by atoms with Gasteiger partial charge in [-0.1, -0.05) is 17.4 Å². The van der Waals surface area contributed by atoms with Crippen LogP contribution in [0.1, 0.15) is 24.0 Å². The molecule has 1 saturated heterocycles. The van der Waals surface area contributed by atoms with Gasteiger partial charge in [0.05, 0.1) is 23.1 Å². The maximum Gasteiger partial charge on any atom is 0.251 e. The lowest BCUT2D eigenvalue weighted by Gasteiger charge is -2.28. The zero-order chi connectivity index (χ0) is 20.5. The monoisotopic (exact) mass is 425 g/mol. The number of thiazole rings is 1. The molecule has 2 heterocycles. The van der Waals surface area contributed by atoms with E-state index in [4.69, 9.17) is 4.74 Å². The van der Waals surface area contributed by atoms with Crippen molar-refractivity contribution >= 4 is 37.5 Å². The van der Waals surface area contributed by atoms with E-state index in [1.165, 1.54) is 33.0 Å². The Morgan fingerprint density at radius 1 is 1.29 bits per heavy atom. The quantitative estimate of drug-likeness (QED) is 0.734. The second-order valence-corrected chi connectivity index (χ2v) is 10.3. The van der Waals surface area contributed by atoms with Crippen molar-refractivity contribution in [3.8, 4) is 0 Å². The highest BCUT2D eigenvalue weighted by atomic mass is 32.2. The van der Waals surface area contributed by atoms with Crippen molar-refractivity contribution in [2.24, 2.45) is 10.9 Å². The molecule has 1 aliphatic rings. The summed E-state index contributed by atoms with van der Waals surface area (Å²) >= 11 is 1.52. The largest absolute Gasteiger partial charge is 0.383 e. The summed E-state index contributed by atoms with van der Waals surface area (Å²) in [6, 6.07) is 4.24. The number of aryl methyl sites for hydroxylation is 2. The minimum Gasteiger partial charge on any atom is -0.383 e. The van der Waals surface area contributed by atoms with Crippen LogP contribution in [0, 0.1) is 19.8 Å². The second kappa shape index (κ2) is 8.44. The summed E-state index contributed by atoms with van der Waals surface area (Å²) in [6.07, 6.45) is 2.23. The van der Waals surface area contributed by atoms with E-state index in [0.717, 1.165) is 10.2 Å². The first-order valence-corrected chi connectivity index (χ1v) is 12.0. The maximum atomic E-state index is 12.8. The number of amides is 1. The van der Waals surface area contributed by atoms with Gasteiger partial charge in [0.25, 0.3) is 5.91 Å². The van der Waals surface area contributed by atoms with Crippen LogP contribution in [0.5, 0.6) is 0 Å². The minimum atomic E-state index is -3.20. The van der Waals surface area contributed by atoms with Crippen LogP contribution >= 0.6 is 11.3 Å². The molecular weight excluding hydrogens is 398 g/mol. The number of hydrogen-bond donors (Lipinski definition) is 0. The first-order valence-electron chi connectivity index (χ1n) is 9.34.